The maximum absolute atomic E-state index is 12.0. The third-order valence-corrected chi connectivity index (χ3v) is 1.97. The molecule has 0 radical (unpaired) electrons. The zero-order chi connectivity index (χ0) is 12.6. The normalized spacial score (nSPS) is 12.8. The molecule has 0 bridgehead atoms. The van der Waals surface area contributed by atoms with Crippen molar-refractivity contribution in [1.82, 2.24) is 4.90 Å². The Labute approximate surface area is 98.9 Å². The van der Waals surface area contributed by atoms with Gasteiger partial charge in [-0.2, -0.15) is 13.2 Å². The number of hydrogen-bond donors (Lipinski definition) is 0. The molecule has 0 rings (SSSR count). The van der Waals surface area contributed by atoms with Crippen LogP contribution in [0.1, 0.15) is 0 Å². The quantitative estimate of drug-likeness (QED) is 0.388. The highest BCUT2D eigenvalue weighted by molar-refractivity contribution is 9.09. The number of hydrogen-bond acceptors (Lipinski definition) is 2. The Hall–Kier alpha value is 0.0500. The number of alkyl halides is 6. The van der Waals surface area contributed by atoms with Crippen LogP contribution in [0.3, 0.4) is 0 Å². The summed E-state index contributed by atoms with van der Waals surface area (Å²) < 4.78 is 63.4. The fourth-order valence-electron chi connectivity index (χ4n) is 0.991. The Kier molecular flexibility index (Phi) is 8.21. The summed E-state index contributed by atoms with van der Waals surface area (Å²) in [4.78, 5) is 1.34. The fraction of sp³-hybridized carbons (Fsp3) is 1.00. The Morgan fingerprint density at radius 1 is 1.19 bits per heavy atom. The van der Waals surface area contributed by atoms with Gasteiger partial charge in [-0.25, -0.2) is 8.78 Å². The largest absolute Gasteiger partial charge is 0.411 e. The summed E-state index contributed by atoms with van der Waals surface area (Å²) in [5.41, 5.74) is 0. The molecular weight excluding hydrogens is 301 g/mol. The van der Waals surface area contributed by atoms with Crippen molar-refractivity contribution >= 4 is 15.9 Å². The molecule has 0 fully saturated rings. The molecule has 8 heteroatoms. The van der Waals surface area contributed by atoms with Crippen LogP contribution in [0.15, 0.2) is 0 Å². The van der Waals surface area contributed by atoms with Crippen LogP contribution >= 0.6 is 15.9 Å². The van der Waals surface area contributed by atoms with Gasteiger partial charge < -0.3 is 4.74 Å². The molecule has 0 aromatic heterocycles. The van der Waals surface area contributed by atoms with Gasteiger partial charge in [-0.1, -0.05) is 15.9 Å². The second-order valence-corrected chi connectivity index (χ2v) is 3.84. The van der Waals surface area contributed by atoms with Gasteiger partial charge in [0.25, 0.3) is 6.43 Å². The van der Waals surface area contributed by atoms with Gasteiger partial charge >= 0.3 is 6.18 Å². The second kappa shape index (κ2) is 8.19. The summed E-state index contributed by atoms with van der Waals surface area (Å²) in [5, 5.41) is 0.485. The predicted molar refractivity (Wildman–Crippen MR) is 53.1 cm³/mol. The summed E-state index contributed by atoms with van der Waals surface area (Å²) in [7, 11) is 0. The molecule has 0 saturated heterocycles. The van der Waals surface area contributed by atoms with E-state index in [4.69, 9.17) is 0 Å². The van der Waals surface area contributed by atoms with Gasteiger partial charge in [0.15, 0.2) is 0 Å². The van der Waals surface area contributed by atoms with Crippen LogP contribution in [0.4, 0.5) is 22.0 Å². The van der Waals surface area contributed by atoms with Crippen molar-refractivity contribution in [3.8, 4) is 0 Å². The molecule has 0 spiro atoms. The van der Waals surface area contributed by atoms with E-state index in [0.717, 1.165) is 0 Å². The van der Waals surface area contributed by atoms with Crippen LogP contribution in [0, 0.1) is 0 Å². The van der Waals surface area contributed by atoms with Crippen LogP contribution in [0.2, 0.25) is 0 Å². The molecule has 98 valence electrons. The first-order valence-electron chi connectivity index (χ1n) is 4.56. The van der Waals surface area contributed by atoms with Crippen molar-refractivity contribution in [2.24, 2.45) is 0 Å². The van der Waals surface area contributed by atoms with E-state index < -0.39 is 25.8 Å². The number of nitrogens with zero attached hydrogens (tertiary/aromatic N) is 1. The minimum Gasteiger partial charge on any atom is -0.371 e. The Balaban J connectivity index is 3.67. The van der Waals surface area contributed by atoms with Gasteiger partial charge in [-0.15, -0.1) is 0 Å². The van der Waals surface area contributed by atoms with Crippen molar-refractivity contribution in [2.75, 3.05) is 38.2 Å². The second-order valence-electron chi connectivity index (χ2n) is 3.05. The van der Waals surface area contributed by atoms with E-state index in [0.29, 0.717) is 11.9 Å². The molecular formula is C8H13BrF5NO. The van der Waals surface area contributed by atoms with E-state index in [1.54, 1.807) is 0 Å². The fourth-order valence-corrected chi connectivity index (χ4v) is 1.49. The highest BCUT2D eigenvalue weighted by Crippen LogP contribution is 2.14. The van der Waals surface area contributed by atoms with Crippen molar-refractivity contribution in [3.63, 3.8) is 0 Å². The lowest BCUT2D eigenvalue weighted by molar-refractivity contribution is -0.174. The zero-order valence-corrected chi connectivity index (χ0v) is 10.0. The van der Waals surface area contributed by atoms with Gasteiger partial charge in [-0.3, -0.25) is 4.90 Å². The van der Waals surface area contributed by atoms with Crippen LogP contribution in [-0.2, 0) is 4.74 Å². The SMILES string of the molecule is FC(F)CN(CCBr)CCOCC(F)(F)F. The molecule has 0 aliphatic rings. The highest BCUT2D eigenvalue weighted by atomic mass is 79.9. The lowest BCUT2D eigenvalue weighted by atomic mass is 10.4. The van der Waals surface area contributed by atoms with Crippen LogP contribution in [0.25, 0.3) is 0 Å². The third kappa shape index (κ3) is 10.6. The molecule has 0 N–H and O–H groups in total. The van der Waals surface area contributed by atoms with Crippen LogP contribution < -0.4 is 0 Å². The van der Waals surface area contributed by atoms with E-state index in [2.05, 4.69) is 20.7 Å². The Morgan fingerprint density at radius 3 is 2.25 bits per heavy atom. The first-order valence-corrected chi connectivity index (χ1v) is 5.68. The molecule has 0 saturated carbocycles. The summed E-state index contributed by atoms with van der Waals surface area (Å²) >= 11 is 3.07. The molecule has 0 aromatic carbocycles. The van der Waals surface area contributed by atoms with Gasteiger partial charge in [0.05, 0.1) is 13.2 Å². The van der Waals surface area contributed by atoms with Crippen LogP contribution in [0.5, 0.6) is 0 Å². The molecule has 0 aromatic rings. The molecule has 0 aliphatic heterocycles. The Morgan fingerprint density at radius 2 is 1.81 bits per heavy atom. The minimum atomic E-state index is -4.37. The van der Waals surface area contributed by atoms with E-state index in [9.17, 15) is 22.0 Å². The highest BCUT2D eigenvalue weighted by Gasteiger charge is 2.27. The zero-order valence-electron chi connectivity index (χ0n) is 8.44. The minimum absolute atomic E-state index is 0.0615. The van der Waals surface area contributed by atoms with Crippen LogP contribution in [-0.4, -0.2) is 55.7 Å². The van der Waals surface area contributed by atoms with E-state index in [-0.39, 0.29) is 13.2 Å². The standard InChI is InChI=1S/C8H13BrF5NO/c9-1-2-15(5-7(10)11)3-4-16-6-8(12,13)14/h7H,1-6H2. The predicted octanol–water partition coefficient (Wildman–Crippen LogP) is 2.53. The molecule has 0 amide bonds. The van der Waals surface area contributed by atoms with Crippen molar-refractivity contribution < 1.29 is 26.7 Å². The van der Waals surface area contributed by atoms with E-state index in [1.165, 1.54) is 4.90 Å². The van der Waals surface area contributed by atoms with Gasteiger partial charge in [0.2, 0.25) is 0 Å². The first kappa shape index (κ1) is 16.1. The third-order valence-electron chi connectivity index (χ3n) is 1.61. The molecule has 0 unspecified atom stereocenters. The summed E-state index contributed by atoms with van der Waals surface area (Å²) in [6.07, 6.45) is -6.87. The first-order chi connectivity index (χ1) is 7.35. The van der Waals surface area contributed by atoms with Gasteiger partial charge in [0.1, 0.15) is 6.61 Å². The number of ether oxygens (including phenoxy) is 1. The number of rotatable bonds is 8. The monoisotopic (exact) mass is 313 g/mol. The summed E-state index contributed by atoms with van der Waals surface area (Å²) in [6.45, 7) is -1.60. The summed E-state index contributed by atoms with van der Waals surface area (Å²) in [6, 6.07) is 0. The summed E-state index contributed by atoms with van der Waals surface area (Å²) in [5.74, 6) is 0. The lowest BCUT2D eigenvalue weighted by Gasteiger charge is -2.20. The lowest BCUT2D eigenvalue weighted by Crippen LogP contribution is -2.34. The van der Waals surface area contributed by atoms with Gasteiger partial charge in [-0.05, 0) is 0 Å². The smallest absolute Gasteiger partial charge is 0.371 e. The average molecular weight is 314 g/mol. The van der Waals surface area contributed by atoms with Crippen molar-refractivity contribution in [3.05, 3.63) is 0 Å². The number of halogens is 6. The maximum Gasteiger partial charge on any atom is 0.411 e. The molecule has 0 heterocycles. The molecule has 16 heavy (non-hydrogen) atoms. The molecule has 0 aliphatic carbocycles. The Bertz CT molecular complexity index is 178. The molecule has 2 nitrogen and oxygen atoms in total. The maximum atomic E-state index is 12.0. The van der Waals surface area contributed by atoms with Crippen molar-refractivity contribution in [2.45, 2.75) is 12.6 Å². The average Bonchev–Trinajstić information content (AvgIpc) is 2.10. The van der Waals surface area contributed by atoms with E-state index >= 15 is 0 Å². The molecule has 0 atom stereocenters. The van der Waals surface area contributed by atoms with Gasteiger partial charge in [0, 0.05) is 18.4 Å². The topological polar surface area (TPSA) is 12.5 Å². The van der Waals surface area contributed by atoms with E-state index in [1.807, 2.05) is 0 Å². The van der Waals surface area contributed by atoms with Crippen molar-refractivity contribution in [1.29, 1.82) is 0 Å².